The van der Waals surface area contributed by atoms with Crippen molar-refractivity contribution in [2.24, 2.45) is 0 Å². The first-order chi connectivity index (χ1) is 13.0. The molecule has 4 aliphatic rings. The summed E-state index contributed by atoms with van der Waals surface area (Å²) in [6.07, 6.45) is 3.00. The molecule has 2 amide bonds. The summed E-state index contributed by atoms with van der Waals surface area (Å²) in [4.78, 5) is 30.2. The Hall–Kier alpha value is -1.22. The van der Waals surface area contributed by atoms with Gasteiger partial charge in [0.1, 0.15) is 6.61 Å². The van der Waals surface area contributed by atoms with E-state index >= 15 is 0 Å². The molecular weight excluding hydrogens is 350 g/mol. The number of aliphatic hydroxyl groups is 1. The Labute approximate surface area is 160 Å². The lowest BCUT2D eigenvalue weighted by Crippen LogP contribution is -2.59. The Balaban J connectivity index is 1.38. The maximum Gasteiger partial charge on any atom is 0.249 e. The summed E-state index contributed by atoms with van der Waals surface area (Å²) < 4.78 is 11.3. The van der Waals surface area contributed by atoms with Crippen LogP contribution in [0.1, 0.15) is 32.6 Å². The van der Waals surface area contributed by atoms with Gasteiger partial charge in [0, 0.05) is 58.9 Å². The van der Waals surface area contributed by atoms with Gasteiger partial charge in [-0.15, -0.1) is 0 Å². The van der Waals surface area contributed by atoms with Gasteiger partial charge >= 0.3 is 0 Å². The quantitative estimate of drug-likeness (QED) is 0.707. The number of nitrogens with zero attached hydrogens (tertiary/aromatic N) is 3. The minimum Gasteiger partial charge on any atom is -0.388 e. The van der Waals surface area contributed by atoms with Gasteiger partial charge in [-0.3, -0.25) is 14.5 Å². The highest BCUT2D eigenvalue weighted by Gasteiger charge is 2.47. The Morgan fingerprint density at radius 3 is 2.59 bits per heavy atom. The van der Waals surface area contributed by atoms with Crippen molar-refractivity contribution in [3.05, 3.63) is 0 Å². The molecule has 4 saturated heterocycles. The third-order valence-corrected chi connectivity index (χ3v) is 6.62. The van der Waals surface area contributed by atoms with E-state index in [1.54, 1.807) is 11.8 Å². The van der Waals surface area contributed by atoms with E-state index in [9.17, 15) is 14.7 Å². The zero-order chi connectivity index (χ0) is 19.0. The highest BCUT2D eigenvalue weighted by atomic mass is 16.5. The number of amides is 2. The van der Waals surface area contributed by atoms with Crippen molar-refractivity contribution in [3.63, 3.8) is 0 Å². The topological polar surface area (TPSA) is 82.6 Å². The molecule has 0 aromatic carbocycles. The van der Waals surface area contributed by atoms with Crippen LogP contribution in [0.2, 0.25) is 0 Å². The number of morpholine rings is 1. The van der Waals surface area contributed by atoms with Gasteiger partial charge in [-0.1, -0.05) is 0 Å². The fourth-order valence-electron chi connectivity index (χ4n) is 5.08. The maximum absolute atomic E-state index is 12.6. The van der Waals surface area contributed by atoms with Gasteiger partial charge in [0.05, 0.1) is 17.7 Å². The summed E-state index contributed by atoms with van der Waals surface area (Å²) in [5, 5.41) is 11.0. The number of β-amino-alcohol motifs (C(OH)–C–C–N with tert-alkyl or cyclic N) is 1. The summed E-state index contributed by atoms with van der Waals surface area (Å²) in [5.74, 6) is 0.154. The molecule has 8 nitrogen and oxygen atoms in total. The lowest BCUT2D eigenvalue weighted by molar-refractivity contribution is -0.159. The van der Waals surface area contributed by atoms with Crippen molar-refractivity contribution in [3.8, 4) is 0 Å². The van der Waals surface area contributed by atoms with Crippen molar-refractivity contribution < 1.29 is 24.2 Å². The summed E-state index contributed by atoms with van der Waals surface area (Å²) in [6.45, 7) is 6.43. The Bertz CT molecular complexity index is 572. The molecule has 4 rings (SSSR count). The number of fused-ring (bicyclic) bond motifs is 1. The second-order valence-corrected chi connectivity index (χ2v) is 8.49. The molecule has 0 unspecified atom stereocenters. The normalized spacial score (nSPS) is 32.6. The van der Waals surface area contributed by atoms with E-state index in [1.165, 1.54) is 0 Å². The third kappa shape index (κ3) is 3.99. The van der Waals surface area contributed by atoms with Crippen LogP contribution in [0.4, 0.5) is 0 Å². The van der Waals surface area contributed by atoms with Gasteiger partial charge in [0.2, 0.25) is 11.8 Å². The summed E-state index contributed by atoms with van der Waals surface area (Å²) in [6, 6.07) is 0.305. The van der Waals surface area contributed by atoms with E-state index in [4.69, 9.17) is 9.47 Å². The lowest BCUT2D eigenvalue weighted by Gasteiger charge is -2.43. The molecule has 0 bridgehead atoms. The fraction of sp³-hybridized carbons (Fsp3) is 0.895. The first-order valence-electron chi connectivity index (χ1n) is 10.2. The lowest BCUT2D eigenvalue weighted by atomic mass is 9.91. The molecule has 0 aliphatic carbocycles. The van der Waals surface area contributed by atoms with Gasteiger partial charge in [-0.2, -0.15) is 0 Å². The molecule has 27 heavy (non-hydrogen) atoms. The molecule has 4 heterocycles. The van der Waals surface area contributed by atoms with Crippen LogP contribution in [-0.2, 0) is 19.1 Å². The van der Waals surface area contributed by atoms with E-state index in [0.29, 0.717) is 45.7 Å². The molecule has 0 aromatic heterocycles. The number of likely N-dealkylation sites (tertiary alicyclic amines) is 2. The highest BCUT2D eigenvalue weighted by molar-refractivity contribution is 5.79. The van der Waals surface area contributed by atoms with Crippen LogP contribution in [0, 0.1) is 0 Å². The highest BCUT2D eigenvalue weighted by Crippen LogP contribution is 2.31. The van der Waals surface area contributed by atoms with Crippen LogP contribution in [-0.4, -0.2) is 108 Å². The molecular formula is C19H31N3O5. The number of piperidine rings is 1. The summed E-state index contributed by atoms with van der Waals surface area (Å²) in [7, 11) is 0. The first-order valence-corrected chi connectivity index (χ1v) is 10.2. The predicted molar refractivity (Wildman–Crippen MR) is 97.1 cm³/mol. The van der Waals surface area contributed by atoms with E-state index in [0.717, 1.165) is 25.9 Å². The molecule has 0 saturated carbocycles. The van der Waals surface area contributed by atoms with Crippen LogP contribution in [0.15, 0.2) is 0 Å². The number of hydrogen-bond acceptors (Lipinski definition) is 6. The summed E-state index contributed by atoms with van der Waals surface area (Å²) >= 11 is 0. The van der Waals surface area contributed by atoms with Gasteiger partial charge < -0.3 is 24.4 Å². The van der Waals surface area contributed by atoms with Crippen LogP contribution < -0.4 is 0 Å². The van der Waals surface area contributed by atoms with E-state index in [-0.39, 0.29) is 36.6 Å². The van der Waals surface area contributed by atoms with Crippen LogP contribution in [0.25, 0.3) is 0 Å². The van der Waals surface area contributed by atoms with Crippen molar-refractivity contribution in [1.82, 2.24) is 14.7 Å². The molecule has 0 spiro atoms. The number of hydrogen-bond donors (Lipinski definition) is 1. The monoisotopic (exact) mass is 381 g/mol. The molecule has 4 fully saturated rings. The van der Waals surface area contributed by atoms with E-state index < -0.39 is 5.60 Å². The first kappa shape index (κ1) is 19.1. The summed E-state index contributed by atoms with van der Waals surface area (Å²) in [5.41, 5.74) is -0.771. The zero-order valence-electron chi connectivity index (χ0n) is 16.1. The van der Waals surface area contributed by atoms with Crippen molar-refractivity contribution >= 4 is 11.8 Å². The van der Waals surface area contributed by atoms with Crippen molar-refractivity contribution in [1.29, 1.82) is 0 Å². The molecule has 152 valence electrons. The predicted octanol–water partition coefficient (Wildman–Crippen LogP) is -0.550. The number of rotatable bonds is 3. The zero-order valence-corrected chi connectivity index (χ0v) is 16.1. The van der Waals surface area contributed by atoms with Crippen molar-refractivity contribution in [2.45, 2.75) is 56.4 Å². The second kappa shape index (κ2) is 7.66. The van der Waals surface area contributed by atoms with Crippen LogP contribution in [0.5, 0.6) is 0 Å². The minimum absolute atomic E-state index is 0.0199. The van der Waals surface area contributed by atoms with Gasteiger partial charge in [0.25, 0.3) is 0 Å². The maximum atomic E-state index is 12.6. The molecule has 0 radical (unpaired) electrons. The average molecular weight is 381 g/mol. The third-order valence-electron chi connectivity index (χ3n) is 6.62. The molecule has 8 heteroatoms. The fourth-order valence-corrected chi connectivity index (χ4v) is 5.08. The molecule has 2 atom stereocenters. The van der Waals surface area contributed by atoms with Crippen LogP contribution >= 0.6 is 0 Å². The largest absolute Gasteiger partial charge is 0.388 e. The van der Waals surface area contributed by atoms with Gasteiger partial charge in [-0.05, 0) is 25.7 Å². The van der Waals surface area contributed by atoms with Crippen molar-refractivity contribution in [2.75, 3.05) is 52.5 Å². The molecule has 4 aliphatic heterocycles. The molecule has 0 aromatic rings. The van der Waals surface area contributed by atoms with Gasteiger partial charge in [0.15, 0.2) is 0 Å². The number of ether oxygens (including phenoxy) is 2. The Morgan fingerprint density at radius 2 is 1.93 bits per heavy atom. The smallest absolute Gasteiger partial charge is 0.249 e. The van der Waals surface area contributed by atoms with Crippen LogP contribution in [0.3, 0.4) is 0 Å². The minimum atomic E-state index is -0.771. The Morgan fingerprint density at radius 1 is 1.22 bits per heavy atom. The second-order valence-electron chi connectivity index (χ2n) is 8.49. The standard InChI is InChI=1S/C19H31N3O5/c1-14(23)21-6-4-19(25,5-7-21)13-20-10-16-17(11-20)27-12-18(24)22(16)15-2-8-26-9-3-15/h15-17,25H,2-13H2,1H3/t16-,17-/m0/s1. The van der Waals surface area contributed by atoms with E-state index in [2.05, 4.69) is 9.80 Å². The van der Waals surface area contributed by atoms with Gasteiger partial charge in [-0.25, -0.2) is 0 Å². The molecule has 1 N–H and O–H groups in total. The number of carbonyl (C=O) groups excluding carboxylic acids is 2. The number of carbonyl (C=O) groups is 2. The Kier molecular flexibility index (Phi) is 5.42. The average Bonchev–Trinajstić information content (AvgIpc) is 3.04. The SMILES string of the molecule is CC(=O)N1CCC(O)(CN2C[C@@H]3OCC(=O)N(C4CCOCC4)[C@H]3C2)CC1. The van der Waals surface area contributed by atoms with E-state index in [1.807, 2.05) is 0 Å².